The zero-order chi connectivity index (χ0) is 22.2. The maximum atomic E-state index is 12.5. The van der Waals surface area contributed by atoms with Crippen LogP contribution in [-0.2, 0) is 14.3 Å². The molecule has 9 heteroatoms. The highest BCUT2D eigenvalue weighted by molar-refractivity contribution is 5.99. The summed E-state index contributed by atoms with van der Waals surface area (Å²) in [6.07, 6.45) is 0. The van der Waals surface area contributed by atoms with Gasteiger partial charge in [-0.2, -0.15) is 0 Å². The van der Waals surface area contributed by atoms with Crippen molar-refractivity contribution in [2.75, 3.05) is 37.5 Å². The Kier molecular flexibility index (Phi) is 7.13. The molecule has 2 N–H and O–H groups in total. The van der Waals surface area contributed by atoms with Gasteiger partial charge in [-0.25, -0.2) is 4.79 Å². The van der Waals surface area contributed by atoms with E-state index in [9.17, 15) is 19.7 Å². The van der Waals surface area contributed by atoms with E-state index in [0.29, 0.717) is 24.5 Å². The number of methoxy groups -OCH3 is 1. The third-order valence-electron chi connectivity index (χ3n) is 4.42. The fraction of sp³-hybridized carbons (Fsp3) is 0.182. The number of fused-ring (bicyclic) bond motifs is 1. The number of ether oxygens (including phenoxy) is 2. The van der Waals surface area contributed by atoms with Crippen LogP contribution >= 0.6 is 0 Å². The molecule has 0 aromatic heterocycles. The molecule has 0 spiro atoms. The first kappa shape index (κ1) is 21.7. The second-order valence-electron chi connectivity index (χ2n) is 6.59. The van der Waals surface area contributed by atoms with Gasteiger partial charge in [0.15, 0.2) is 6.61 Å². The Morgan fingerprint density at radius 2 is 1.81 bits per heavy atom. The third kappa shape index (κ3) is 5.77. The van der Waals surface area contributed by atoms with Crippen LogP contribution < -0.4 is 10.6 Å². The first-order valence-electron chi connectivity index (χ1n) is 9.45. The maximum Gasteiger partial charge on any atom is 0.341 e. The number of carbonyl (C=O) groups excluding carboxylic acids is 2. The molecule has 0 unspecified atom stereocenters. The molecule has 0 aliphatic rings. The molecular formula is C22H21N3O6. The summed E-state index contributed by atoms with van der Waals surface area (Å²) in [5.74, 6) is -1.37. The first-order chi connectivity index (χ1) is 15.0. The van der Waals surface area contributed by atoms with Crippen molar-refractivity contribution in [3.05, 3.63) is 76.3 Å². The normalized spacial score (nSPS) is 10.5. The molecule has 0 aliphatic carbocycles. The third-order valence-corrected chi connectivity index (χ3v) is 4.42. The molecule has 1 amide bonds. The molecule has 3 aromatic carbocycles. The van der Waals surface area contributed by atoms with Gasteiger partial charge >= 0.3 is 5.97 Å². The van der Waals surface area contributed by atoms with Crippen molar-refractivity contribution in [2.45, 2.75) is 0 Å². The molecule has 0 heterocycles. The Bertz CT molecular complexity index is 1120. The molecule has 31 heavy (non-hydrogen) atoms. The Balaban J connectivity index is 1.66. The second kappa shape index (κ2) is 10.2. The monoisotopic (exact) mass is 423 g/mol. The van der Waals surface area contributed by atoms with Gasteiger partial charge in [0.2, 0.25) is 0 Å². The number of hydrogen-bond donors (Lipinski definition) is 2. The van der Waals surface area contributed by atoms with Gasteiger partial charge in [-0.3, -0.25) is 14.9 Å². The molecule has 0 radical (unpaired) electrons. The molecule has 3 rings (SSSR count). The average molecular weight is 423 g/mol. The van der Waals surface area contributed by atoms with Crippen LogP contribution in [0.5, 0.6) is 0 Å². The van der Waals surface area contributed by atoms with Crippen molar-refractivity contribution in [3.63, 3.8) is 0 Å². The van der Waals surface area contributed by atoms with E-state index in [1.54, 1.807) is 6.07 Å². The number of rotatable bonds is 9. The van der Waals surface area contributed by atoms with E-state index in [1.807, 2.05) is 36.4 Å². The van der Waals surface area contributed by atoms with Crippen LogP contribution in [0.25, 0.3) is 10.8 Å². The fourth-order valence-electron chi connectivity index (χ4n) is 2.93. The van der Waals surface area contributed by atoms with E-state index < -0.39 is 23.4 Å². The number of anilines is 2. The molecular weight excluding hydrogens is 402 g/mol. The topological polar surface area (TPSA) is 120 Å². The van der Waals surface area contributed by atoms with Crippen molar-refractivity contribution in [1.29, 1.82) is 0 Å². The lowest BCUT2D eigenvalue weighted by atomic mass is 10.1. The highest BCUT2D eigenvalue weighted by Gasteiger charge is 2.19. The predicted molar refractivity (Wildman–Crippen MR) is 116 cm³/mol. The second-order valence-corrected chi connectivity index (χ2v) is 6.59. The van der Waals surface area contributed by atoms with Crippen molar-refractivity contribution < 1.29 is 24.0 Å². The van der Waals surface area contributed by atoms with Crippen LogP contribution in [0.15, 0.2) is 60.7 Å². The van der Waals surface area contributed by atoms with E-state index >= 15 is 0 Å². The largest absolute Gasteiger partial charge is 0.452 e. The number of nitro benzene ring substituents is 1. The summed E-state index contributed by atoms with van der Waals surface area (Å²) >= 11 is 0. The van der Waals surface area contributed by atoms with Crippen LogP contribution in [0.2, 0.25) is 0 Å². The number of nitrogens with one attached hydrogen (secondary N) is 2. The summed E-state index contributed by atoms with van der Waals surface area (Å²) in [5, 5.41) is 18.7. The number of carbonyl (C=O) groups is 2. The maximum absolute atomic E-state index is 12.5. The summed E-state index contributed by atoms with van der Waals surface area (Å²) in [7, 11) is 1.53. The predicted octanol–water partition coefficient (Wildman–Crippen LogP) is 3.60. The Hall–Kier alpha value is -3.98. The van der Waals surface area contributed by atoms with E-state index in [4.69, 9.17) is 9.47 Å². The Labute approximate surface area is 178 Å². The zero-order valence-corrected chi connectivity index (χ0v) is 16.8. The average Bonchev–Trinajstić information content (AvgIpc) is 2.77. The quantitative estimate of drug-likeness (QED) is 0.233. The lowest BCUT2D eigenvalue weighted by molar-refractivity contribution is -0.384. The van der Waals surface area contributed by atoms with Gasteiger partial charge in [-0.05, 0) is 29.0 Å². The zero-order valence-electron chi connectivity index (χ0n) is 16.8. The molecule has 9 nitrogen and oxygen atoms in total. The lowest BCUT2D eigenvalue weighted by Gasteiger charge is -2.12. The van der Waals surface area contributed by atoms with Crippen molar-refractivity contribution in [1.82, 2.24) is 0 Å². The molecule has 0 atom stereocenters. The lowest BCUT2D eigenvalue weighted by Crippen LogP contribution is -2.21. The molecule has 0 saturated heterocycles. The van der Waals surface area contributed by atoms with Crippen LogP contribution in [0.4, 0.5) is 17.1 Å². The van der Waals surface area contributed by atoms with Crippen LogP contribution in [0.1, 0.15) is 10.4 Å². The SMILES string of the molecule is COCCNc1ccc([N+](=O)[O-])cc1C(=O)OCC(=O)Nc1ccc2ccccc2c1. The standard InChI is InChI=1S/C22H21N3O6/c1-30-11-10-23-20-9-8-18(25(28)29)13-19(20)22(27)31-14-21(26)24-17-7-6-15-4-2-3-5-16(15)12-17/h2-9,12-13,23H,10-11,14H2,1H3,(H,24,26). The van der Waals surface area contributed by atoms with Crippen LogP contribution in [-0.4, -0.2) is 43.7 Å². The summed E-state index contributed by atoms with van der Waals surface area (Å²) in [5.41, 5.74) is 0.619. The fourth-order valence-corrected chi connectivity index (χ4v) is 2.93. The molecule has 0 saturated carbocycles. The van der Waals surface area contributed by atoms with Gasteiger partial charge < -0.3 is 20.1 Å². The van der Waals surface area contributed by atoms with E-state index in [0.717, 1.165) is 16.8 Å². The van der Waals surface area contributed by atoms with E-state index in [1.165, 1.54) is 19.2 Å². The minimum absolute atomic E-state index is 0.0381. The summed E-state index contributed by atoms with van der Waals surface area (Å²) in [6, 6.07) is 16.9. The van der Waals surface area contributed by atoms with Gasteiger partial charge in [0.05, 0.1) is 17.1 Å². The molecule has 0 aliphatic heterocycles. The van der Waals surface area contributed by atoms with Gasteiger partial charge in [0.25, 0.3) is 11.6 Å². The van der Waals surface area contributed by atoms with E-state index in [-0.39, 0.29) is 11.3 Å². The van der Waals surface area contributed by atoms with Crippen LogP contribution in [0.3, 0.4) is 0 Å². The van der Waals surface area contributed by atoms with Crippen molar-refractivity contribution >= 4 is 39.7 Å². The van der Waals surface area contributed by atoms with E-state index in [2.05, 4.69) is 10.6 Å². The van der Waals surface area contributed by atoms with Gasteiger partial charge in [0.1, 0.15) is 0 Å². The van der Waals surface area contributed by atoms with Gasteiger partial charge in [-0.15, -0.1) is 0 Å². The Morgan fingerprint density at radius 1 is 1.03 bits per heavy atom. The van der Waals surface area contributed by atoms with Crippen molar-refractivity contribution in [2.24, 2.45) is 0 Å². The molecule has 0 bridgehead atoms. The van der Waals surface area contributed by atoms with Crippen LogP contribution in [0, 0.1) is 10.1 Å². The number of hydrogen-bond acceptors (Lipinski definition) is 7. The number of nitrogens with zero attached hydrogens (tertiary/aromatic N) is 1. The van der Waals surface area contributed by atoms with Gasteiger partial charge in [-0.1, -0.05) is 30.3 Å². The molecule has 0 fully saturated rings. The van der Waals surface area contributed by atoms with Gasteiger partial charge in [0, 0.05) is 37.2 Å². The summed E-state index contributed by atoms with van der Waals surface area (Å²) in [4.78, 5) is 35.2. The molecule has 3 aromatic rings. The summed E-state index contributed by atoms with van der Waals surface area (Å²) < 4.78 is 10.0. The number of nitro groups is 1. The van der Waals surface area contributed by atoms with Crippen molar-refractivity contribution in [3.8, 4) is 0 Å². The first-order valence-corrected chi connectivity index (χ1v) is 9.45. The number of amides is 1. The minimum Gasteiger partial charge on any atom is -0.452 e. The molecule has 160 valence electrons. The Morgan fingerprint density at radius 3 is 2.55 bits per heavy atom. The minimum atomic E-state index is -0.850. The highest BCUT2D eigenvalue weighted by Crippen LogP contribution is 2.23. The number of esters is 1. The highest BCUT2D eigenvalue weighted by atomic mass is 16.6. The number of non-ortho nitro benzene ring substituents is 1. The number of benzene rings is 3. The smallest absolute Gasteiger partial charge is 0.341 e. The summed E-state index contributed by atoms with van der Waals surface area (Å²) in [6.45, 7) is 0.225.